The molecule has 1 atom stereocenters. The number of rotatable bonds is 5. The molecule has 0 aliphatic heterocycles. The van der Waals surface area contributed by atoms with Crippen LogP contribution < -0.4 is 10.5 Å². The molecule has 2 N–H and O–H groups in total. The van der Waals surface area contributed by atoms with Gasteiger partial charge in [0.25, 0.3) is 0 Å². The van der Waals surface area contributed by atoms with Gasteiger partial charge >= 0.3 is 0 Å². The van der Waals surface area contributed by atoms with E-state index in [0.717, 1.165) is 17.9 Å². The van der Waals surface area contributed by atoms with Crippen molar-refractivity contribution in [1.29, 1.82) is 0 Å². The first-order chi connectivity index (χ1) is 9.49. The van der Waals surface area contributed by atoms with Gasteiger partial charge in [0.15, 0.2) is 0 Å². The second-order valence-electron chi connectivity index (χ2n) is 5.43. The fourth-order valence-corrected chi connectivity index (χ4v) is 2.02. The molecule has 0 aliphatic rings. The molecule has 1 unspecified atom stereocenters. The van der Waals surface area contributed by atoms with Crippen molar-refractivity contribution in [3.63, 3.8) is 0 Å². The van der Waals surface area contributed by atoms with Crippen LogP contribution in [0.3, 0.4) is 0 Å². The largest absolute Gasteiger partial charge is 0.497 e. The van der Waals surface area contributed by atoms with E-state index in [4.69, 9.17) is 10.5 Å². The van der Waals surface area contributed by atoms with Gasteiger partial charge in [-0.05, 0) is 43.7 Å². The molecule has 0 fully saturated rings. The molecule has 0 saturated carbocycles. The minimum atomic E-state index is 0.379. The average Bonchev–Trinajstić information content (AvgIpc) is 2.44. The van der Waals surface area contributed by atoms with E-state index in [1.54, 1.807) is 7.11 Å². The van der Waals surface area contributed by atoms with Crippen LogP contribution in [0.2, 0.25) is 0 Å². The van der Waals surface area contributed by atoms with Crippen LogP contribution in [-0.4, -0.2) is 31.6 Å². The van der Waals surface area contributed by atoms with Crippen LogP contribution in [0.1, 0.15) is 31.9 Å². The average molecular weight is 274 g/mol. The zero-order valence-corrected chi connectivity index (χ0v) is 13.2. The molecule has 20 heavy (non-hydrogen) atoms. The van der Waals surface area contributed by atoms with E-state index in [9.17, 15) is 0 Å². The van der Waals surface area contributed by atoms with Crippen molar-refractivity contribution < 1.29 is 4.74 Å². The second kappa shape index (κ2) is 7.94. The van der Waals surface area contributed by atoms with Gasteiger partial charge in [-0.3, -0.25) is 4.90 Å². The molecule has 0 bridgehead atoms. The van der Waals surface area contributed by atoms with Gasteiger partial charge in [-0.25, -0.2) is 0 Å². The van der Waals surface area contributed by atoms with Gasteiger partial charge in [-0.15, -0.1) is 0 Å². The lowest BCUT2D eigenvalue weighted by Crippen LogP contribution is -2.32. The Morgan fingerprint density at radius 1 is 1.30 bits per heavy atom. The topological polar surface area (TPSA) is 38.5 Å². The summed E-state index contributed by atoms with van der Waals surface area (Å²) in [6, 6.07) is 6.52. The summed E-state index contributed by atoms with van der Waals surface area (Å²) in [6.07, 6.45) is 0. The minimum absolute atomic E-state index is 0.379. The lowest BCUT2D eigenvalue weighted by Gasteiger charge is -2.28. The maximum absolute atomic E-state index is 5.46. The molecule has 0 aliphatic carbocycles. The van der Waals surface area contributed by atoms with E-state index in [-0.39, 0.29) is 0 Å². The number of hydrogen-bond donors (Lipinski definition) is 1. The molecule has 0 saturated heterocycles. The lowest BCUT2D eigenvalue weighted by molar-refractivity contribution is 0.200. The van der Waals surface area contributed by atoms with E-state index in [1.165, 1.54) is 5.56 Å². The molecule has 110 valence electrons. The van der Waals surface area contributed by atoms with Crippen molar-refractivity contribution in [3.8, 4) is 17.6 Å². The van der Waals surface area contributed by atoms with Crippen LogP contribution in [0, 0.1) is 17.8 Å². The van der Waals surface area contributed by atoms with Crippen molar-refractivity contribution in [2.45, 2.75) is 33.4 Å². The van der Waals surface area contributed by atoms with Crippen molar-refractivity contribution in [1.82, 2.24) is 4.90 Å². The summed E-state index contributed by atoms with van der Waals surface area (Å²) in [4.78, 5) is 2.34. The number of ether oxygens (including phenoxy) is 1. The van der Waals surface area contributed by atoms with Gasteiger partial charge in [-0.2, -0.15) is 0 Å². The van der Waals surface area contributed by atoms with Crippen molar-refractivity contribution in [3.05, 3.63) is 29.3 Å². The fourth-order valence-electron chi connectivity index (χ4n) is 2.02. The molecule has 1 rings (SSSR count). The zero-order chi connectivity index (χ0) is 15.1. The maximum atomic E-state index is 5.46. The van der Waals surface area contributed by atoms with E-state index in [1.807, 2.05) is 12.1 Å². The Hall–Kier alpha value is -1.50. The van der Waals surface area contributed by atoms with Crippen LogP contribution >= 0.6 is 0 Å². The van der Waals surface area contributed by atoms with Gasteiger partial charge < -0.3 is 10.5 Å². The quantitative estimate of drug-likeness (QED) is 0.838. The summed E-state index contributed by atoms with van der Waals surface area (Å²) >= 11 is 0. The summed E-state index contributed by atoms with van der Waals surface area (Å²) in [5, 5.41) is 0. The Morgan fingerprint density at radius 2 is 2.00 bits per heavy atom. The van der Waals surface area contributed by atoms with E-state index in [2.05, 4.69) is 50.6 Å². The molecule has 0 amide bonds. The van der Waals surface area contributed by atoms with Crippen molar-refractivity contribution in [2.75, 3.05) is 20.7 Å². The summed E-state index contributed by atoms with van der Waals surface area (Å²) in [5.74, 6) is 7.55. The SMILES string of the molecule is COc1ccc(C#CCN)c(CN(C)C(C)C(C)C)c1. The Balaban J connectivity index is 3.01. The third-order valence-electron chi connectivity index (χ3n) is 3.72. The predicted molar refractivity (Wildman–Crippen MR) is 84.7 cm³/mol. The number of benzene rings is 1. The third kappa shape index (κ3) is 4.56. The number of nitrogens with zero attached hydrogens (tertiary/aromatic N) is 1. The van der Waals surface area contributed by atoms with Gasteiger partial charge in [0.05, 0.1) is 13.7 Å². The Labute approximate surface area is 123 Å². The smallest absolute Gasteiger partial charge is 0.119 e. The highest BCUT2D eigenvalue weighted by atomic mass is 16.5. The molecule has 1 aromatic carbocycles. The maximum Gasteiger partial charge on any atom is 0.119 e. The molecule has 0 aromatic heterocycles. The van der Waals surface area contributed by atoms with E-state index < -0.39 is 0 Å². The van der Waals surface area contributed by atoms with Crippen molar-refractivity contribution >= 4 is 0 Å². The van der Waals surface area contributed by atoms with Crippen LogP contribution in [-0.2, 0) is 6.54 Å². The monoisotopic (exact) mass is 274 g/mol. The first-order valence-corrected chi connectivity index (χ1v) is 7.05. The molecule has 0 heterocycles. The van der Waals surface area contributed by atoms with Gasteiger partial charge in [0.2, 0.25) is 0 Å². The van der Waals surface area contributed by atoms with Crippen molar-refractivity contribution in [2.24, 2.45) is 11.7 Å². The van der Waals surface area contributed by atoms with Crippen LogP contribution in [0.4, 0.5) is 0 Å². The predicted octanol–water partition coefficient (Wildman–Crippen LogP) is 2.48. The molecule has 1 aromatic rings. The first kappa shape index (κ1) is 16.6. The van der Waals surface area contributed by atoms with Crippen LogP contribution in [0.5, 0.6) is 5.75 Å². The Kier molecular flexibility index (Phi) is 6.57. The summed E-state index contributed by atoms with van der Waals surface area (Å²) in [7, 11) is 3.83. The summed E-state index contributed by atoms with van der Waals surface area (Å²) in [5.41, 5.74) is 7.67. The highest BCUT2D eigenvalue weighted by Crippen LogP contribution is 2.20. The van der Waals surface area contributed by atoms with Gasteiger partial charge in [0, 0.05) is 18.2 Å². The molecular formula is C17H26N2O. The second-order valence-corrected chi connectivity index (χ2v) is 5.43. The van der Waals surface area contributed by atoms with Crippen LogP contribution in [0.15, 0.2) is 18.2 Å². The highest BCUT2D eigenvalue weighted by Gasteiger charge is 2.14. The molecule has 3 heteroatoms. The fraction of sp³-hybridized carbons (Fsp3) is 0.529. The number of methoxy groups -OCH3 is 1. The highest BCUT2D eigenvalue weighted by molar-refractivity contribution is 5.45. The third-order valence-corrected chi connectivity index (χ3v) is 3.72. The van der Waals surface area contributed by atoms with Gasteiger partial charge in [0.1, 0.15) is 5.75 Å². The van der Waals surface area contributed by atoms with Crippen LogP contribution in [0.25, 0.3) is 0 Å². The molecule has 3 nitrogen and oxygen atoms in total. The Morgan fingerprint density at radius 3 is 2.55 bits per heavy atom. The number of nitrogens with two attached hydrogens (primary N) is 1. The number of hydrogen-bond acceptors (Lipinski definition) is 3. The minimum Gasteiger partial charge on any atom is -0.497 e. The Bertz CT molecular complexity index is 485. The molecule has 0 spiro atoms. The van der Waals surface area contributed by atoms with E-state index >= 15 is 0 Å². The normalized spacial score (nSPS) is 12.2. The zero-order valence-electron chi connectivity index (χ0n) is 13.2. The van der Waals surface area contributed by atoms with Gasteiger partial charge in [-0.1, -0.05) is 25.7 Å². The summed E-state index contributed by atoms with van der Waals surface area (Å²) in [6.45, 7) is 7.95. The lowest BCUT2D eigenvalue weighted by atomic mass is 10.0. The summed E-state index contributed by atoms with van der Waals surface area (Å²) < 4.78 is 5.31. The molecule has 0 radical (unpaired) electrons. The standard InChI is InChI=1S/C17H26N2O/c1-13(2)14(3)19(4)12-16-11-17(20-5)9-8-15(16)7-6-10-18/h8-9,11,13-14H,10,12,18H2,1-5H3. The van der Waals surface area contributed by atoms with E-state index in [0.29, 0.717) is 18.5 Å². The first-order valence-electron chi connectivity index (χ1n) is 7.05. The molecular weight excluding hydrogens is 248 g/mol.